The fraction of sp³-hybridized carbons (Fsp3) is 0.500. The van der Waals surface area contributed by atoms with Crippen LogP contribution in [0.1, 0.15) is 25.3 Å². The molecular formula is C14H19FN2O. The highest BCUT2D eigenvalue weighted by molar-refractivity contribution is 5.96. The predicted octanol–water partition coefficient (Wildman–Crippen LogP) is 2.45. The van der Waals surface area contributed by atoms with Gasteiger partial charge < -0.3 is 11.1 Å². The highest BCUT2D eigenvalue weighted by Crippen LogP contribution is 2.45. The zero-order chi connectivity index (χ0) is 13.3. The summed E-state index contributed by atoms with van der Waals surface area (Å²) in [5, 5.41) is 2.70. The van der Waals surface area contributed by atoms with Crippen molar-refractivity contribution in [2.45, 2.75) is 26.7 Å². The normalized spacial score (nSPS) is 26.6. The monoisotopic (exact) mass is 250 g/mol. The van der Waals surface area contributed by atoms with Gasteiger partial charge >= 0.3 is 0 Å². The summed E-state index contributed by atoms with van der Waals surface area (Å²) in [4.78, 5) is 12.2. The molecule has 1 aromatic rings. The SMILES string of the molecule is Cc1cccc(F)c1NC(=O)C1(CN)CC(C)C1. The lowest BCUT2D eigenvalue weighted by Gasteiger charge is -2.44. The topological polar surface area (TPSA) is 55.1 Å². The van der Waals surface area contributed by atoms with Crippen LogP contribution in [0.2, 0.25) is 0 Å². The van der Waals surface area contributed by atoms with Crippen LogP contribution in [0.5, 0.6) is 0 Å². The molecule has 2 rings (SSSR count). The van der Waals surface area contributed by atoms with Crippen LogP contribution >= 0.6 is 0 Å². The zero-order valence-corrected chi connectivity index (χ0v) is 10.8. The molecule has 0 aliphatic heterocycles. The van der Waals surface area contributed by atoms with Crippen LogP contribution in [0.4, 0.5) is 10.1 Å². The van der Waals surface area contributed by atoms with Crippen LogP contribution in [-0.4, -0.2) is 12.5 Å². The maximum Gasteiger partial charge on any atom is 0.231 e. The van der Waals surface area contributed by atoms with E-state index in [1.54, 1.807) is 19.1 Å². The number of halogens is 1. The fourth-order valence-corrected chi connectivity index (χ4v) is 2.76. The number of rotatable bonds is 3. The lowest BCUT2D eigenvalue weighted by atomic mass is 9.62. The molecule has 0 bridgehead atoms. The first-order valence-corrected chi connectivity index (χ1v) is 6.25. The van der Waals surface area contributed by atoms with Crippen molar-refractivity contribution in [3.63, 3.8) is 0 Å². The van der Waals surface area contributed by atoms with Gasteiger partial charge in [-0.25, -0.2) is 4.39 Å². The van der Waals surface area contributed by atoms with Gasteiger partial charge in [0.05, 0.1) is 11.1 Å². The summed E-state index contributed by atoms with van der Waals surface area (Å²) in [5.74, 6) is -0.0415. The molecule has 0 radical (unpaired) electrons. The van der Waals surface area contributed by atoms with Gasteiger partial charge in [-0.05, 0) is 37.3 Å². The van der Waals surface area contributed by atoms with E-state index < -0.39 is 11.2 Å². The van der Waals surface area contributed by atoms with Crippen LogP contribution in [0.25, 0.3) is 0 Å². The quantitative estimate of drug-likeness (QED) is 0.865. The van der Waals surface area contributed by atoms with E-state index in [1.165, 1.54) is 6.07 Å². The molecular weight excluding hydrogens is 231 g/mol. The molecule has 0 atom stereocenters. The van der Waals surface area contributed by atoms with E-state index in [1.807, 2.05) is 0 Å². The summed E-state index contributed by atoms with van der Waals surface area (Å²) < 4.78 is 13.7. The minimum atomic E-state index is -0.506. The molecule has 1 saturated carbocycles. The molecule has 1 fully saturated rings. The molecule has 3 N–H and O–H groups in total. The van der Waals surface area contributed by atoms with Gasteiger partial charge in [0.2, 0.25) is 5.91 Å². The molecule has 1 amide bonds. The molecule has 1 aliphatic rings. The van der Waals surface area contributed by atoms with Crippen LogP contribution in [0, 0.1) is 24.1 Å². The number of anilines is 1. The van der Waals surface area contributed by atoms with Crippen molar-refractivity contribution < 1.29 is 9.18 Å². The molecule has 4 heteroatoms. The summed E-state index contributed by atoms with van der Waals surface area (Å²) in [6.45, 7) is 4.18. The van der Waals surface area contributed by atoms with E-state index >= 15 is 0 Å². The third-order valence-corrected chi connectivity index (χ3v) is 3.81. The summed E-state index contributed by atoms with van der Waals surface area (Å²) in [5.41, 5.74) is 6.20. The van der Waals surface area contributed by atoms with Crippen molar-refractivity contribution >= 4 is 11.6 Å². The number of amides is 1. The van der Waals surface area contributed by atoms with E-state index in [0.717, 1.165) is 18.4 Å². The molecule has 98 valence electrons. The van der Waals surface area contributed by atoms with Gasteiger partial charge in [0.1, 0.15) is 5.82 Å². The van der Waals surface area contributed by atoms with Crippen molar-refractivity contribution in [3.8, 4) is 0 Å². The van der Waals surface area contributed by atoms with Crippen LogP contribution in [0.3, 0.4) is 0 Å². The van der Waals surface area contributed by atoms with Crippen LogP contribution in [0.15, 0.2) is 18.2 Å². The number of nitrogens with two attached hydrogens (primary N) is 1. The molecule has 0 heterocycles. The molecule has 18 heavy (non-hydrogen) atoms. The van der Waals surface area contributed by atoms with Gasteiger partial charge in [-0.1, -0.05) is 19.1 Å². The zero-order valence-electron chi connectivity index (χ0n) is 10.8. The average molecular weight is 250 g/mol. The first-order chi connectivity index (χ1) is 8.48. The van der Waals surface area contributed by atoms with Crippen molar-refractivity contribution in [2.24, 2.45) is 17.1 Å². The van der Waals surface area contributed by atoms with Crippen molar-refractivity contribution in [1.82, 2.24) is 0 Å². The van der Waals surface area contributed by atoms with Gasteiger partial charge in [0, 0.05) is 6.54 Å². The number of carbonyl (C=O) groups excluding carboxylic acids is 1. The Morgan fingerprint density at radius 3 is 2.72 bits per heavy atom. The lowest BCUT2D eigenvalue weighted by Crippen LogP contribution is -2.51. The van der Waals surface area contributed by atoms with Crippen molar-refractivity contribution in [1.29, 1.82) is 0 Å². The number of aryl methyl sites for hydroxylation is 1. The minimum absolute atomic E-state index is 0.156. The molecule has 0 saturated heterocycles. The van der Waals surface area contributed by atoms with Crippen molar-refractivity contribution in [2.75, 3.05) is 11.9 Å². The largest absolute Gasteiger partial charge is 0.329 e. The van der Waals surface area contributed by atoms with Gasteiger partial charge in [-0.15, -0.1) is 0 Å². The van der Waals surface area contributed by atoms with Gasteiger partial charge in [-0.3, -0.25) is 4.79 Å². The maximum atomic E-state index is 13.7. The second kappa shape index (κ2) is 4.69. The highest BCUT2D eigenvalue weighted by atomic mass is 19.1. The van der Waals surface area contributed by atoms with Crippen LogP contribution in [-0.2, 0) is 4.79 Å². The molecule has 1 aromatic carbocycles. The number of benzene rings is 1. The lowest BCUT2D eigenvalue weighted by molar-refractivity contribution is -0.132. The maximum absolute atomic E-state index is 13.7. The molecule has 1 aliphatic carbocycles. The molecule has 0 spiro atoms. The molecule has 0 aromatic heterocycles. The van der Waals surface area contributed by atoms with E-state index in [2.05, 4.69) is 12.2 Å². The van der Waals surface area contributed by atoms with Gasteiger partial charge in [0.15, 0.2) is 0 Å². The number of hydrogen-bond acceptors (Lipinski definition) is 2. The summed E-state index contributed by atoms with van der Waals surface area (Å²) in [7, 11) is 0. The number of carbonyl (C=O) groups is 1. The fourth-order valence-electron chi connectivity index (χ4n) is 2.76. The molecule has 0 unspecified atom stereocenters. The van der Waals surface area contributed by atoms with Crippen molar-refractivity contribution in [3.05, 3.63) is 29.6 Å². The Bertz CT molecular complexity index is 447. The van der Waals surface area contributed by atoms with Crippen LogP contribution < -0.4 is 11.1 Å². The number of nitrogens with one attached hydrogen (secondary N) is 1. The Labute approximate surface area is 107 Å². The Morgan fingerprint density at radius 2 is 2.22 bits per heavy atom. The van der Waals surface area contributed by atoms with Gasteiger partial charge in [-0.2, -0.15) is 0 Å². The van der Waals surface area contributed by atoms with Gasteiger partial charge in [0.25, 0.3) is 0 Å². The Hall–Kier alpha value is -1.42. The Morgan fingerprint density at radius 1 is 1.56 bits per heavy atom. The second-order valence-electron chi connectivity index (χ2n) is 5.38. The molecule has 3 nitrogen and oxygen atoms in total. The summed E-state index contributed by atoms with van der Waals surface area (Å²) >= 11 is 0. The summed E-state index contributed by atoms with van der Waals surface area (Å²) in [6, 6.07) is 4.75. The first-order valence-electron chi connectivity index (χ1n) is 6.25. The van der Waals surface area contributed by atoms with E-state index in [-0.39, 0.29) is 11.6 Å². The third kappa shape index (κ3) is 2.12. The standard InChI is InChI=1S/C14H19FN2O/c1-9-6-14(7-9,8-16)13(18)17-12-10(2)4-3-5-11(12)15/h3-5,9H,6-8,16H2,1-2H3,(H,17,18). The van der Waals surface area contributed by atoms with E-state index in [0.29, 0.717) is 12.5 Å². The smallest absolute Gasteiger partial charge is 0.231 e. The average Bonchev–Trinajstić information content (AvgIpc) is 2.29. The minimum Gasteiger partial charge on any atom is -0.329 e. The summed E-state index contributed by atoms with van der Waals surface area (Å²) in [6.07, 6.45) is 1.56. The first kappa shape index (κ1) is 13.0. The number of para-hydroxylation sites is 1. The number of hydrogen-bond donors (Lipinski definition) is 2. The Balaban J connectivity index is 2.17. The van der Waals surface area contributed by atoms with E-state index in [9.17, 15) is 9.18 Å². The third-order valence-electron chi connectivity index (χ3n) is 3.81. The second-order valence-corrected chi connectivity index (χ2v) is 5.38. The van der Waals surface area contributed by atoms with E-state index in [4.69, 9.17) is 5.73 Å². The Kier molecular flexibility index (Phi) is 3.39. The highest BCUT2D eigenvalue weighted by Gasteiger charge is 2.47. The predicted molar refractivity (Wildman–Crippen MR) is 69.7 cm³/mol.